The van der Waals surface area contributed by atoms with Crippen molar-refractivity contribution in [2.45, 2.75) is 6.92 Å². The number of halogens is 1. The van der Waals surface area contributed by atoms with Crippen molar-refractivity contribution >= 4 is 39.2 Å². The average molecular weight is 380 g/mol. The molecule has 0 saturated carbocycles. The maximum absolute atomic E-state index is 10.8. The largest absolute Gasteiger partial charge is 0.506 e. The molecular weight excluding hydrogens is 370 g/mol. The third kappa shape index (κ3) is 3.69. The first-order valence-corrected chi connectivity index (χ1v) is 7.05. The highest BCUT2D eigenvalue weighted by Gasteiger charge is 2.14. The van der Waals surface area contributed by atoms with E-state index in [1.165, 1.54) is 24.4 Å². The summed E-state index contributed by atoms with van der Waals surface area (Å²) in [5.41, 5.74) is 0.813. The maximum Gasteiger partial charge on any atom is 0.271 e. The zero-order valence-electron chi connectivity index (χ0n) is 11.8. The molecule has 9 heteroatoms. The van der Waals surface area contributed by atoms with Crippen molar-refractivity contribution in [3.8, 4) is 5.75 Å². The van der Waals surface area contributed by atoms with Gasteiger partial charge in [-0.15, -0.1) is 0 Å². The number of aryl methyl sites for hydroxylation is 1. The van der Waals surface area contributed by atoms with Gasteiger partial charge in [0.2, 0.25) is 0 Å². The second-order valence-corrected chi connectivity index (χ2v) is 5.46. The third-order valence-electron chi connectivity index (χ3n) is 3.03. The van der Waals surface area contributed by atoms with Gasteiger partial charge in [0.1, 0.15) is 5.75 Å². The predicted molar refractivity (Wildman–Crippen MR) is 87.5 cm³/mol. The lowest BCUT2D eigenvalue weighted by atomic mass is 10.1. The molecule has 0 atom stereocenters. The third-order valence-corrected chi connectivity index (χ3v) is 3.64. The van der Waals surface area contributed by atoms with Gasteiger partial charge in [-0.2, -0.15) is 0 Å². The van der Waals surface area contributed by atoms with Gasteiger partial charge in [-0.3, -0.25) is 25.2 Å². The van der Waals surface area contributed by atoms with Crippen LogP contribution in [-0.2, 0) is 0 Å². The smallest absolute Gasteiger partial charge is 0.271 e. The van der Waals surface area contributed by atoms with E-state index < -0.39 is 9.85 Å². The molecule has 0 amide bonds. The summed E-state index contributed by atoms with van der Waals surface area (Å²) in [4.78, 5) is 24.6. The Morgan fingerprint density at radius 2 is 1.78 bits per heavy atom. The first-order valence-electron chi connectivity index (χ1n) is 6.25. The Morgan fingerprint density at radius 3 is 2.39 bits per heavy atom. The normalized spacial score (nSPS) is 10.9. The van der Waals surface area contributed by atoms with E-state index in [0.717, 1.165) is 6.07 Å². The van der Waals surface area contributed by atoms with E-state index in [9.17, 15) is 25.3 Å². The van der Waals surface area contributed by atoms with Crippen molar-refractivity contribution in [2.24, 2.45) is 4.99 Å². The van der Waals surface area contributed by atoms with Gasteiger partial charge in [-0.25, -0.2) is 0 Å². The van der Waals surface area contributed by atoms with Gasteiger partial charge in [0.25, 0.3) is 11.4 Å². The van der Waals surface area contributed by atoms with E-state index in [2.05, 4.69) is 20.9 Å². The van der Waals surface area contributed by atoms with Crippen molar-refractivity contribution in [3.63, 3.8) is 0 Å². The SMILES string of the molecule is Cc1ccc([N+](=O)[O-])cc1N=Cc1cc([N+](=O)[O-])cc(Br)c1O. The molecule has 0 bridgehead atoms. The van der Waals surface area contributed by atoms with Gasteiger partial charge in [-0.1, -0.05) is 6.07 Å². The molecule has 0 aliphatic rings. The van der Waals surface area contributed by atoms with E-state index in [1.54, 1.807) is 13.0 Å². The number of nitro benzene ring substituents is 2. The second kappa shape index (κ2) is 6.53. The van der Waals surface area contributed by atoms with Gasteiger partial charge in [0.15, 0.2) is 0 Å². The minimum Gasteiger partial charge on any atom is -0.506 e. The van der Waals surface area contributed by atoms with Crippen LogP contribution in [0.25, 0.3) is 0 Å². The molecule has 0 aliphatic carbocycles. The number of phenols is 1. The summed E-state index contributed by atoms with van der Waals surface area (Å²) >= 11 is 3.03. The Balaban J connectivity index is 2.46. The molecule has 2 rings (SSSR count). The van der Waals surface area contributed by atoms with Crippen LogP contribution in [0, 0.1) is 27.2 Å². The molecule has 0 heterocycles. The Hall–Kier alpha value is -2.81. The molecule has 8 nitrogen and oxygen atoms in total. The molecule has 0 saturated heterocycles. The molecular formula is C14H10BrN3O5. The number of benzene rings is 2. The lowest BCUT2D eigenvalue weighted by molar-refractivity contribution is -0.385. The number of aliphatic imine (C=N–C) groups is 1. The average Bonchev–Trinajstić information content (AvgIpc) is 2.49. The minimum absolute atomic E-state index is 0.118. The molecule has 118 valence electrons. The summed E-state index contributed by atoms with van der Waals surface area (Å²) in [5.74, 6) is -0.206. The van der Waals surface area contributed by atoms with Crippen molar-refractivity contribution in [3.05, 3.63) is 66.2 Å². The molecule has 0 aliphatic heterocycles. The van der Waals surface area contributed by atoms with Crippen molar-refractivity contribution < 1.29 is 15.0 Å². The monoisotopic (exact) mass is 379 g/mol. The molecule has 0 fully saturated rings. The highest BCUT2D eigenvalue weighted by Crippen LogP contribution is 2.32. The lowest BCUT2D eigenvalue weighted by Gasteiger charge is -2.03. The quantitative estimate of drug-likeness (QED) is 0.488. The number of nitrogens with zero attached hydrogens (tertiary/aromatic N) is 3. The van der Waals surface area contributed by atoms with Crippen molar-refractivity contribution in [1.29, 1.82) is 0 Å². The molecule has 2 aromatic carbocycles. The molecule has 23 heavy (non-hydrogen) atoms. The summed E-state index contributed by atoms with van der Waals surface area (Å²) in [7, 11) is 0. The zero-order valence-corrected chi connectivity index (χ0v) is 13.3. The summed E-state index contributed by atoms with van der Waals surface area (Å²) in [6.45, 7) is 1.72. The number of rotatable bonds is 4. The van der Waals surface area contributed by atoms with Gasteiger partial charge < -0.3 is 5.11 Å². The fourth-order valence-electron chi connectivity index (χ4n) is 1.80. The van der Waals surface area contributed by atoms with Gasteiger partial charge >= 0.3 is 0 Å². The summed E-state index contributed by atoms with van der Waals surface area (Å²) < 4.78 is 0.156. The summed E-state index contributed by atoms with van der Waals surface area (Å²) in [5, 5.41) is 31.6. The Labute approximate surface area is 138 Å². The van der Waals surface area contributed by atoms with E-state index >= 15 is 0 Å². The first-order chi connectivity index (χ1) is 10.8. The Morgan fingerprint density at radius 1 is 1.13 bits per heavy atom. The number of phenolic OH excluding ortho intramolecular Hbond substituents is 1. The topological polar surface area (TPSA) is 119 Å². The number of nitro groups is 2. The van der Waals surface area contributed by atoms with E-state index in [-0.39, 0.29) is 27.2 Å². The van der Waals surface area contributed by atoms with Crippen LogP contribution in [0.1, 0.15) is 11.1 Å². The minimum atomic E-state index is -0.597. The van der Waals surface area contributed by atoms with Crippen LogP contribution in [-0.4, -0.2) is 21.2 Å². The Bertz CT molecular complexity index is 835. The number of hydrogen-bond donors (Lipinski definition) is 1. The summed E-state index contributed by atoms with van der Waals surface area (Å²) in [6, 6.07) is 6.53. The van der Waals surface area contributed by atoms with E-state index in [1.807, 2.05) is 0 Å². The predicted octanol–water partition coefficient (Wildman–Crippen LogP) is 4.03. The first kappa shape index (κ1) is 16.6. The van der Waals surface area contributed by atoms with Crippen LogP contribution >= 0.6 is 15.9 Å². The van der Waals surface area contributed by atoms with Crippen LogP contribution in [0.3, 0.4) is 0 Å². The molecule has 2 aromatic rings. The fraction of sp³-hybridized carbons (Fsp3) is 0.0714. The van der Waals surface area contributed by atoms with Gasteiger partial charge in [0.05, 0.1) is 20.0 Å². The van der Waals surface area contributed by atoms with Crippen molar-refractivity contribution in [1.82, 2.24) is 0 Å². The Kier molecular flexibility index (Phi) is 4.70. The van der Waals surface area contributed by atoms with Crippen LogP contribution in [0.2, 0.25) is 0 Å². The summed E-state index contributed by atoms with van der Waals surface area (Å²) in [6.07, 6.45) is 1.22. The number of hydrogen-bond acceptors (Lipinski definition) is 6. The van der Waals surface area contributed by atoms with Crippen LogP contribution < -0.4 is 0 Å². The van der Waals surface area contributed by atoms with E-state index in [4.69, 9.17) is 0 Å². The van der Waals surface area contributed by atoms with Crippen LogP contribution in [0.5, 0.6) is 5.75 Å². The standard InChI is InChI=1S/C14H10BrN3O5/c1-8-2-3-10(17(20)21)6-13(8)16-7-9-4-11(18(22)23)5-12(15)14(9)19/h2-7,19H,1H3. The fourth-order valence-corrected chi connectivity index (χ4v) is 2.26. The molecule has 0 spiro atoms. The van der Waals surface area contributed by atoms with Crippen LogP contribution in [0.15, 0.2) is 39.8 Å². The van der Waals surface area contributed by atoms with Crippen LogP contribution in [0.4, 0.5) is 17.1 Å². The number of non-ortho nitro benzene ring substituents is 2. The molecule has 1 N–H and O–H groups in total. The van der Waals surface area contributed by atoms with Gasteiger partial charge in [0, 0.05) is 36.0 Å². The van der Waals surface area contributed by atoms with Gasteiger partial charge in [-0.05, 0) is 28.4 Å². The molecule has 0 aromatic heterocycles. The molecule has 0 radical (unpaired) electrons. The second-order valence-electron chi connectivity index (χ2n) is 4.61. The number of aromatic hydroxyl groups is 1. The lowest BCUT2D eigenvalue weighted by Crippen LogP contribution is -1.92. The zero-order chi connectivity index (χ0) is 17.1. The highest BCUT2D eigenvalue weighted by atomic mass is 79.9. The highest BCUT2D eigenvalue weighted by molar-refractivity contribution is 9.10. The van der Waals surface area contributed by atoms with E-state index in [0.29, 0.717) is 11.3 Å². The van der Waals surface area contributed by atoms with Crippen molar-refractivity contribution in [2.75, 3.05) is 0 Å². The maximum atomic E-state index is 10.8. The molecule has 0 unspecified atom stereocenters.